The van der Waals surface area contributed by atoms with Crippen LogP contribution < -0.4 is 4.90 Å². The molecule has 0 unspecified atom stereocenters. The summed E-state index contributed by atoms with van der Waals surface area (Å²) in [4.78, 5) is 16.7. The van der Waals surface area contributed by atoms with E-state index in [-0.39, 0.29) is 5.92 Å². The summed E-state index contributed by atoms with van der Waals surface area (Å²) in [5.41, 5.74) is 2.89. The fourth-order valence-electron chi connectivity index (χ4n) is 3.35. The van der Waals surface area contributed by atoms with Gasteiger partial charge in [0, 0.05) is 32.1 Å². The smallest absolute Gasteiger partial charge is 0.225 e. The van der Waals surface area contributed by atoms with Crippen molar-refractivity contribution in [1.82, 2.24) is 24.7 Å². The Bertz CT molecular complexity index is 714. The SMILES string of the molecule is CCc1cc(N2CCN(C(=O)C3CCC3)CC2)c2nncn2n1. The fourth-order valence-corrected chi connectivity index (χ4v) is 3.35. The van der Waals surface area contributed by atoms with Crippen LogP contribution in [-0.4, -0.2) is 56.8 Å². The zero-order valence-corrected chi connectivity index (χ0v) is 13.5. The van der Waals surface area contributed by atoms with Crippen LogP contribution in [0.15, 0.2) is 12.4 Å². The molecule has 3 heterocycles. The topological polar surface area (TPSA) is 66.6 Å². The summed E-state index contributed by atoms with van der Waals surface area (Å²) in [5.74, 6) is 0.643. The van der Waals surface area contributed by atoms with Gasteiger partial charge in [0.05, 0.1) is 11.4 Å². The van der Waals surface area contributed by atoms with Crippen molar-refractivity contribution in [2.24, 2.45) is 5.92 Å². The molecule has 122 valence electrons. The Kier molecular flexibility index (Phi) is 3.63. The van der Waals surface area contributed by atoms with Crippen LogP contribution in [0.2, 0.25) is 0 Å². The van der Waals surface area contributed by atoms with E-state index in [0.717, 1.165) is 62.5 Å². The van der Waals surface area contributed by atoms with Crippen LogP contribution in [0.3, 0.4) is 0 Å². The number of hydrogen-bond acceptors (Lipinski definition) is 5. The number of piperazine rings is 1. The van der Waals surface area contributed by atoms with Crippen LogP contribution in [0.25, 0.3) is 5.65 Å². The second kappa shape index (κ2) is 5.79. The highest BCUT2D eigenvalue weighted by Gasteiger charge is 2.31. The Labute approximate surface area is 135 Å². The number of amides is 1. The summed E-state index contributed by atoms with van der Waals surface area (Å²) in [7, 11) is 0. The molecular weight excluding hydrogens is 292 g/mol. The van der Waals surface area contributed by atoms with Crippen molar-refractivity contribution in [3.05, 3.63) is 18.1 Å². The molecule has 1 aliphatic carbocycles. The molecule has 0 atom stereocenters. The lowest BCUT2D eigenvalue weighted by molar-refractivity contribution is -0.138. The molecule has 0 N–H and O–H groups in total. The van der Waals surface area contributed by atoms with Crippen molar-refractivity contribution < 1.29 is 4.79 Å². The molecule has 2 aromatic rings. The predicted molar refractivity (Wildman–Crippen MR) is 86.3 cm³/mol. The predicted octanol–water partition coefficient (Wildman–Crippen LogP) is 1.14. The molecule has 0 radical (unpaired) electrons. The van der Waals surface area contributed by atoms with E-state index >= 15 is 0 Å². The molecule has 2 aliphatic rings. The normalized spacial score (nSPS) is 19.2. The van der Waals surface area contributed by atoms with Gasteiger partial charge in [0.25, 0.3) is 0 Å². The van der Waals surface area contributed by atoms with Gasteiger partial charge >= 0.3 is 0 Å². The van der Waals surface area contributed by atoms with E-state index in [1.165, 1.54) is 6.42 Å². The molecule has 2 fully saturated rings. The van der Waals surface area contributed by atoms with Gasteiger partial charge in [-0.3, -0.25) is 4.79 Å². The Morgan fingerprint density at radius 2 is 2.04 bits per heavy atom. The van der Waals surface area contributed by atoms with Gasteiger partial charge in [-0.05, 0) is 25.3 Å². The monoisotopic (exact) mass is 314 g/mol. The van der Waals surface area contributed by atoms with Crippen LogP contribution in [-0.2, 0) is 11.2 Å². The number of aryl methyl sites for hydroxylation is 1. The minimum atomic E-state index is 0.289. The summed E-state index contributed by atoms with van der Waals surface area (Å²) in [5, 5.41) is 12.7. The largest absolute Gasteiger partial charge is 0.365 e. The molecule has 1 aliphatic heterocycles. The summed E-state index contributed by atoms with van der Waals surface area (Å²) in [6.07, 6.45) is 5.88. The van der Waals surface area contributed by atoms with Crippen LogP contribution in [0, 0.1) is 5.92 Å². The van der Waals surface area contributed by atoms with Crippen LogP contribution in [0.5, 0.6) is 0 Å². The highest BCUT2D eigenvalue weighted by Crippen LogP contribution is 2.29. The second-order valence-corrected chi connectivity index (χ2v) is 6.41. The molecule has 1 saturated heterocycles. The highest BCUT2D eigenvalue weighted by atomic mass is 16.2. The van der Waals surface area contributed by atoms with Crippen molar-refractivity contribution in [3.8, 4) is 0 Å². The van der Waals surface area contributed by atoms with E-state index in [0.29, 0.717) is 5.91 Å². The molecule has 7 nitrogen and oxygen atoms in total. The Balaban J connectivity index is 1.51. The third-order valence-electron chi connectivity index (χ3n) is 5.05. The number of anilines is 1. The van der Waals surface area contributed by atoms with Gasteiger partial charge in [0.1, 0.15) is 6.33 Å². The first-order valence-electron chi connectivity index (χ1n) is 8.50. The van der Waals surface area contributed by atoms with E-state index in [2.05, 4.69) is 33.2 Å². The molecule has 1 saturated carbocycles. The maximum atomic E-state index is 12.4. The van der Waals surface area contributed by atoms with Crippen LogP contribution in [0.1, 0.15) is 31.9 Å². The molecule has 2 aromatic heterocycles. The highest BCUT2D eigenvalue weighted by molar-refractivity contribution is 5.80. The Morgan fingerprint density at radius 1 is 1.26 bits per heavy atom. The molecule has 0 spiro atoms. The minimum Gasteiger partial charge on any atom is -0.365 e. The lowest BCUT2D eigenvalue weighted by atomic mass is 9.84. The Morgan fingerprint density at radius 3 is 2.70 bits per heavy atom. The fraction of sp³-hybridized carbons (Fsp3) is 0.625. The maximum Gasteiger partial charge on any atom is 0.225 e. The van der Waals surface area contributed by atoms with E-state index in [9.17, 15) is 4.79 Å². The zero-order valence-electron chi connectivity index (χ0n) is 13.5. The van der Waals surface area contributed by atoms with Crippen molar-refractivity contribution in [1.29, 1.82) is 0 Å². The van der Waals surface area contributed by atoms with Gasteiger partial charge in [0.15, 0.2) is 0 Å². The number of fused-ring (bicyclic) bond motifs is 1. The molecule has 1 amide bonds. The Hall–Kier alpha value is -2.18. The maximum absolute atomic E-state index is 12.4. The van der Waals surface area contributed by atoms with E-state index < -0.39 is 0 Å². The van der Waals surface area contributed by atoms with Crippen molar-refractivity contribution in [2.75, 3.05) is 31.1 Å². The van der Waals surface area contributed by atoms with E-state index in [1.54, 1.807) is 10.8 Å². The third kappa shape index (κ3) is 2.54. The average Bonchev–Trinajstić information content (AvgIpc) is 3.00. The number of carbonyl (C=O) groups excluding carboxylic acids is 1. The quantitative estimate of drug-likeness (QED) is 0.850. The second-order valence-electron chi connectivity index (χ2n) is 6.41. The summed E-state index contributed by atoms with van der Waals surface area (Å²) in [6, 6.07) is 2.10. The summed E-state index contributed by atoms with van der Waals surface area (Å²) < 4.78 is 1.75. The molecule has 4 rings (SSSR count). The number of hydrogen-bond donors (Lipinski definition) is 0. The summed E-state index contributed by atoms with van der Waals surface area (Å²) in [6.45, 7) is 5.36. The lowest BCUT2D eigenvalue weighted by Crippen LogP contribution is -2.51. The van der Waals surface area contributed by atoms with Gasteiger partial charge in [-0.25, -0.2) is 0 Å². The summed E-state index contributed by atoms with van der Waals surface area (Å²) >= 11 is 0. The molecular formula is C16H22N6O. The number of rotatable bonds is 3. The molecule has 23 heavy (non-hydrogen) atoms. The van der Waals surface area contributed by atoms with Gasteiger partial charge in [0.2, 0.25) is 11.6 Å². The standard InChI is InChI=1S/C16H22N6O/c1-2-13-10-14(15-18-17-11-22(15)19-13)20-6-8-21(9-7-20)16(23)12-4-3-5-12/h10-12H,2-9H2,1H3. The van der Waals surface area contributed by atoms with Gasteiger partial charge in [-0.2, -0.15) is 9.61 Å². The average molecular weight is 314 g/mol. The number of aromatic nitrogens is 4. The first-order chi connectivity index (χ1) is 11.3. The van der Waals surface area contributed by atoms with E-state index in [1.807, 2.05) is 4.90 Å². The number of nitrogens with zero attached hydrogens (tertiary/aromatic N) is 6. The van der Waals surface area contributed by atoms with Crippen molar-refractivity contribution >= 4 is 17.2 Å². The van der Waals surface area contributed by atoms with Crippen LogP contribution >= 0.6 is 0 Å². The minimum absolute atomic E-state index is 0.289. The lowest BCUT2D eigenvalue weighted by Gasteiger charge is -2.39. The van der Waals surface area contributed by atoms with Crippen molar-refractivity contribution in [3.63, 3.8) is 0 Å². The molecule has 0 bridgehead atoms. The molecule has 7 heteroatoms. The van der Waals surface area contributed by atoms with Crippen LogP contribution in [0.4, 0.5) is 5.69 Å². The van der Waals surface area contributed by atoms with Gasteiger partial charge in [-0.15, -0.1) is 10.2 Å². The third-order valence-corrected chi connectivity index (χ3v) is 5.05. The van der Waals surface area contributed by atoms with Gasteiger partial charge in [-0.1, -0.05) is 13.3 Å². The van der Waals surface area contributed by atoms with Gasteiger partial charge < -0.3 is 9.80 Å². The van der Waals surface area contributed by atoms with E-state index in [4.69, 9.17) is 0 Å². The molecule has 0 aromatic carbocycles. The number of carbonyl (C=O) groups is 1. The zero-order chi connectivity index (χ0) is 15.8. The van der Waals surface area contributed by atoms with Crippen molar-refractivity contribution in [2.45, 2.75) is 32.6 Å². The first kappa shape index (κ1) is 14.4. The first-order valence-corrected chi connectivity index (χ1v) is 8.50.